The molecule has 0 aliphatic carbocycles. The summed E-state index contributed by atoms with van der Waals surface area (Å²) in [7, 11) is 0. The number of hydrogen-bond acceptors (Lipinski definition) is 5. The van der Waals surface area contributed by atoms with Gasteiger partial charge in [-0.1, -0.05) is 24.3 Å². The van der Waals surface area contributed by atoms with Gasteiger partial charge in [0.1, 0.15) is 27.9 Å². The third kappa shape index (κ3) is 5.07. The molecule has 0 unspecified atom stereocenters. The van der Waals surface area contributed by atoms with Gasteiger partial charge in [0, 0.05) is 41.7 Å². The molecule has 2 N–H and O–H groups in total. The van der Waals surface area contributed by atoms with Crippen LogP contribution in [-0.2, 0) is 23.9 Å². The number of carboxylic acids is 2. The number of halogens is 2. The molecule has 0 aliphatic heterocycles. The molecule has 7 nitrogen and oxygen atoms in total. The van der Waals surface area contributed by atoms with E-state index in [0.29, 0.717) is 22.9 Å². The normalized spacial score (nSPS) is 11.6. The first-order chi connectivity index (χ1) is 16.1. The lowest BCUT2D eigenvalue weighted by atomic mass is 10.1. The van der Waals surface area contributed by atoms with E-state index >= 15 is 0 Å². The number of ether oxygens (including phenoxy) is 1. The van der Waals surface area contributed by atoms with Crippen LogP contribution in [0.1, 0.15) is 34.3 Å². The van der Waals surface area contributed by atoms with Gasteiger partial charge in [0.05, 0.1) is 6.42 Å². The van der Waals surface area contributed by atoms with E-state index in [0.717, 1.165) is 29.2 Å². The van der Waals surface area contributed by atoms with Crippen molar-refractivity contribution in [2.24, 2.45) is 0 Å². The highest BCUT2D eigenvalue weighted by molar-refractivity contribution is 7.17. The molecule has 0 amide bonds. The topological polar surface area (TPSA) is 102 Å². The Morgan fingerprint density at radius 1 is 1.12 bits per heavy atom. The molecule has 2 aromatic carbocycles. The fourth-order valence-corrected chi connectivity index (χ4v) is 4.39. The molecule has 34 heavy (non-hydrogen) atoms. The molecule has 176 valence electrons. The maximum atomic E-state index is 13.5. The van der Waals surface area contributed by atoms with Crippen LogP contribution in [-0.4, -0.2) is 31.7 Å². The quantitative estimate of drug-likeness (QED) is 0.318. The van der Waals surface area contributed by atoms with E-state index in [1.165, 1.54) is 24.3 Å². The number of aromatic nitrogens is 2. The fraction of sp³-hybridized carbons (Fsp3) is 0.208. The maximum absolute atomic E-state index is 13.5. The van der Waals surface area contributed by atoms with Crippen LogP contribution in [0.15, 0.2) is 54.7 Å². The second-order valence-electron chi connectivity index (χ2n) is 7.73. The zero-order chi connectivity index (χ0) is 24.5. The van der Waals surface area contributed by atoms with Crippen molar-refractivity contribution in [1.82, 2.24) is 9.55 Å². The number of alkyl halides is 2. The Morgan fingerprint density at radius 2 is 1.85 bits per heavy atom. The Labute approximate surface area is 196 Å². The number of carbonyl (C=O) groups is 2. The standard InChI is InChI=1S/C24H20F2N2O5S/c1-24(25,26)16-4-2-14(3-5-16)22-27-18(21(34-22)23(31)32)13-33-17-6-7-19-15(12-17)8-10-28(19)11-9-20(29)30/h2-8,10,12H,9,11,13H2,1H3,(H,29,30)(H,31,32). The first-order valence-corrected chi connectivity index (χ1v) is 11.1. The number of aromatic carboxylic acids is 1. The minimum Gasteiger partial charge on any atom is -0.487 e. The zero-order valence-electron chi connectivity index (χ0n) is 18.0. The second-order valence-corrected chi connectivity index (χ2v) is 8.73. The number of aliphatic carboxylic acids is 1. The van der Waals surface area contributed by atoms with E-state index in [1.807, 2.05) is 16.7 Å². The highest BCUT2D eigenvalue weighted by atomic mass is 32.1. The first-order valence-electron chi connectivity index (χ1n) is 10.3. The third-order valence-electron chi connectivity index (χ3n) is 5.21. The molecular formula is C24H20F2N2O5S. The van der Waals surface area contributed by atoms with Crippen molar-refractivity contribution in [2.45, 2.75) is 32.4 Å². The van der Waals surface area contributed by atoms with Gasteiger partial charge >= 0.3 is 11.9 Å². The number of aryl methyl sites for hydroxylation is 1. The first kappa shape index (κ1) is 23.4. The van der Waals surface area contributed by atoms with E-state index in [4.69, 9.17) is 9.84 Å². The predicted molar refractivity (Wildman–Crippen MR) is 123 cm³/mol. The van der Waals surface area contributed by atoms with Crippen LogP contribution in [0.3, 0.4) is 0 Å². The summed E-state index contributed by atoms with van der Waals surface area (Å²) in [5.41, 5.74) is 1.49. The summed E-state index contributed by atoms with van der Waals surface area (Å²) in [5.74, 6) is -4.49. The summed E-state index contributed by atoms with van der Waals surface area (Å²) >= 11 is 0.953. The Morgan fingerprint density at radius 3 is 2.50 bits per heavy atom. The summed E-state index contributed by atoms with van der Waals surface area (Å²) in [6, 6.07) is 12.7. The third-order valence-corrected chi connectivity index (χ3v) is 6.35. The molecule has 0 radical (unpaired) electrons. The average Bonchev–Trinajstić information content (AvgIpc) is 3.40. The molecule has 0 aliphatic rings. The van der Waals surface area contributed by atoms with E-state index in [2.05, 4.69) is 4.98 Å². The Kier molecular flexibility index (Phi) is 6.34. The van der Waals surface area contributed by atoms with Crippen LogP contribution in [0, 0.1) is 0 Å². The van der Waals surface area contributed by atoms with Gasteiger partial charge in [0.2, 0.25) is 0 Å². The second kappa shape index (κ2) is 9.22. The molecular weight excluding hydrogens is 466 g/mol. The maximum Gasteiger partial charge on any atom is 0.347 e. The smallest absolute Gasteiger partial charge is 0.347 e. The molecule has 2 aromatic heterocycles. The lowest BCUT2D eigenvalue weighted by Crippen LogP contribution is -2.06. The van der Waals surface area contributed by atoms with Gasteiger partial charge in [0.15, 0.2) is 0 Å². The Bertz CT molecular complexity index is 1360. The summed E-state index contributed by atoms with van der Waals surface area (Å²) in [6.45, 7) is 1.07. The highest BCUT2D eigenvalue weighted by Crippen LogP contribution is 2.32. The minimum absolute atomic E-state index is 0.00968. The number of nitrogens with zero attached hydrogens (tertiary/aromatic N) is 2. The molecule has 0 saturated heterocycles. The van der Waals surface area contributed by atoms with Crippen molar-refractivity contribution in [3.8, 4) is 16.3 Å². The van der Waals surface area contributed by atoms with Crippen LogP contribution in [0.2, 0.25) is 0 Å². The number of thiazole rings is 1. The number of fused-ring (bicyclic) bond motifs is 1. The van der Waals surface area contributed by atoms with Crippen LogP contribution < -0.4 is 4.74 Å². The van der Waals surface area contributed by atoms with Crippen LogP contribution >= 0.6 is 11.3 Å². The SMILES string of the molecule is CC(F)(F)c1ccc(-c2nc(COc3ccc4c(ccn4CCC(=O)O)c3)c(C(=O)O)s2)cc1. The van der Waals surface area contributed by atoms with Crippen molar-refractivity contribution in [3.63, 3.8) is 0 Å². The molecule has 4 rings (SSSR count). The van der Waals surface area contributed by atoms with Gasteiger partial charge in [-0.25, -0.2) is 18.6 Å². The van der Waals surface area contributed by atoms with Gasteiger partial charge < -0.3 is 19.5 Å². The van der Waals surface area contributed by atoms with Gasteiger partial charge in [-0.3, -0.25) is 4.79 Å². The van der Waals surface area contributed by atoms with Crippen molar-refractivity contribution < 1.29 is 33.3 Å². The van der Waals surface area contributed by atoms with Crippen molar-refractivity contribution in [1.29, 1.82) is 0 Å². The molecule has 10 heteroatoms. The Hall–Kier alpha value is -3.79. The summed E-state index contributed by atoms with van der Waals surface area (Å²) in [4.78, 5) is 26.9. The number of carboxylic acid groups (broad SMARTS) is 2. The highest BCUT2D eigenvalue weighted by Gasteiger charge is 2.24. The van der Waals surface area contributed by atoms with Crippen LogP contribution in [0.25, 0.3) is 21.5 Å². The molecule has 0 spiro atoms. The predicted octanol–water partition coefficient (Wildman–Crippen LogP) is 5.63. The molecule has 0 fully saturated rings. The molecule has 0 saturated carbocycles. The molecule has 4 aromatic rings. The molecule has 2 heterocycles. The van der Waals surface area contributed by atoms with Gasteiger partial charge in [-0.2, -0.15) is 0 Å². The Balaban J connectivity index is 1.52. The molecule has 0 bridgehead atoms. The van der Waals surface area contributed by atoms with Crippen LogP contribution in [0.5, 0.6) is 5.75 Å². The van der Waals surface area contributed by atoms with Crippen molar-refractivity contribution in [2.75, 3.05) is 0 Å². The fourth-order valence-electron chi connectivity index (χ4n) is 3.48. The summed E-state index contributed by atoms with van der Waals surface area (Å²) in [6.07, 6.45) is 1.81. The molecule has 0 atom stereocenters. The monoisotopic (exact) mass is 486 g/mol. The number of benzene rings is 2. The van der Waals surface area contributed by atoms with Crippen molar-refractivity contribution >= 4 is 34.2 Å². The lowest BCUT2D eigenvalue weighted by molar-refractivity contribution is -0.137. The average molecular weight is 486 g/mol. The zero-order valence-corrected chi connectivity index (χ0v) is 18.8. The van der Waals surface area contributed by atoms with Gasteiger partial charge in [0.25, 0.3) is 5.92 Å². The van der Waals surface area contributed by atoms with Gasteiger partial charge in [-0.05, 0) is 24.3 Å². The number of rotatable bonds is 9. The largest absolute Gasteiger partial charge is 0.487 e. The number of hydrogen-bond donors (Lipinski definition) is 2. The van der Waals surface area contributed by atoms with E-state index in [9.17, 15) is 23.5 Å². The van der Waals surface area contributed by atoms with Crippen molar-refractivity contribution in [3.05, 3.63) is 70.9 Å². The van der Waals surface area contributed by atoms with E-state index < -0.39 is 17.9 Å². The summed E-state index contributed by atoms with van der Waals surface area (Å²) in [5, 5.41) is 19.7. The summed E-state index contributed by atoms with van der Waals surface area (Å²) < 4.78 is 34.5. The van der Waals surface area contributed by atoms with Crippen LogP contribution in [0.4, 0.5) is 8.78 Å². The van der Waals surface area contributed by atoms with Gasteiger partial charge in [-0.15, -0.1) is 11.3 Å². The van der Waals surface area contributed by atoms with E-state index in [-0.39, 0.29) is 29.2 Å². The minimum atomic E-state index is -2.97. The lowest BCUT2D eigenvalue weighted by Gasteiger charge is -2.10. The van der Waals surface area contributed by atoms with E-state index in [1.54, 1.807) is 18.3 Å².